The van der Waals surface area contributed by atoms with E-state index in [4.69, 9.17) is 5.73 Å². The summed E-state index contributed by atoms with van der Waals surface area (Å²) in [6.45, 7) is 0. The van der Waals surface area contributed by atoms with Gasteiger partial charge in [0.15, 0.2) is 0 Å². The van der Waals surface area contributed by atoms with Crippen LogP contribution in [0.15, 0.2) is 36.0 Å². The van der Waals surface area contributed by atoms with Crippen LogP contribution in [0, 0.1) is 5.82 Å². The molecule has 0 bridgehead atoms. The van der Waals surface area contributed by atoms with Crippen molar-refractivity contribution in [1.82, 2.24) is 4.98 Å². The molecule has 14 heavy (non-hydrogen) atoms. The van der Waals surface area contributed by atoms with Crippen LogP contribution in [0.4, 0.5) is 4.39 Å². The first-order valence-electron chi connectivity index (χ1n) is 4.17. The molecule has 0 fully saturated rings. The molecule has 2 N–H and O–H groups in total. The molecule has 1 unspecified atom stereocenters. The van der Waals surface area contributed by atoms with E-state index in [-0.39, 0.29) is 11.9 Å². The number of halogens is 1. The van der Waals surface area contributed by atoms with Gasteiger partial charge in [-0.25, -0.2) is 4.39 Å². The summed E-state index contributed by atoms with van der Waals surface area (Å²) in [5, 5.41) is 1.95. The maximum Gasteiger partial charge on any atom is 0.141 e. The predicted octanol–water partition coefficient (Wildman–Crippen LogP) is 2.33. The number of aromatic nitrogens is 1. The molecule has 0 amide bonds. The van der Waals surface area contributed by atoms with Gasteiger partial charge in [-0.2, -0.15) is 0 Å². The number of hydrogen-bond donors (Lipinski definition) is 1. The molecule has 2 nitrogen and oxygen atoms in total. The van der Waals surface area contributed by atoms with Crippen LogP contribution < -0.4 is 5.73 Å². The van der Waals surface area contributed by atoms with Crippen LogP contribution in [-0.2, 0) is 0 Å². The molecule has 0 spiro atoms. The highest BCUT2D eigenvalue weighted by molar-refractivity contribution is 7.10. The highest BCUT2D eigenvalue weighted by Gasteiger charge is 2.10. The Hall–Kier alpha value is -1.26. The van der Waals surface area contributed by atoms with Crippen LogP contribution in [0.3, 0.4) is 0 Å². The fourth-order valence-corrected chi connectivity index (χ4v) is 1.98. The molecule has 2 aromatic rings. The first-order chi connectivity index (χ1) is 6.77. The van der Waals surface area contributed by atoms with Crippen molar-refractivity contribution in [2.75, 3.05) is 0 Å². The van der Waals surface area contributed by atoms with Gasteiger partial charge >= 0.3 is 0 Å². The summed E-state index contributed by atoms with van der Waals surface area (Å²) < 4.78 is 12.9. The lowest BCUT2D eigenvalue weighted by atomic mass is 10.1. The zero-order valence-electron chi connectivity index (χ0n) is 7.35. The monoisotopic (exact) mass is 208 g/mol. The van der Waals surface area contributed by atoms with Crippen LogP contribution in [0.25, 0.3) is 0 Å². The average Bonchev–Trinajstić information content (AvgIpc) is 2.69. The van der Waals surface area contributed by atoms with E-state index in [1.165, 1.54) is 12.3 Å². The third kappa shape index (κ3) is 1.81. The summed E-state index contributed by atoms with van der Waals surface area (Å²) in [5.74, 6) is -0.352. The van der Waals surface area contributed by atoms with Gasteiger partial charge in [0, 0.05) is 11.1 Å². The molecule has 2 heterocycles. The number of pyridine rings is 1. The smallest absolute Gasteiger partial charge is 0.141 e. The summed E-state index contributed by atoms with van der Waals surface area (Å²) in [5.41, 5.74) is 6.63. The molecule has 2 rings (SSSR count). The van der Waals surface area contributed by atoms with Crippen molar-refractivity contribution in [3.05, 3.63) is 52.2 Å². The SMILES string of the molecule is NC(c1cncc(F)c1)c1cccs1. The van der Waals surface area contributed by atoms with Crippen molar-refractivity contribution in [3.8, 4) is 0 Å². The summed E-state index contributed by atoms with van der Waals surface area (Å²) in [4.78, 5) is 4.78. The fourth-order valence-electron chi connectivity index (χ4n) is 1.23. The topological polar surface area (TPSA) is 38.9 Å². The maximum absolute atomic E-state index is 12.9. The number of thiophene rings is 1. The lowest BCUT2D eigenvalue weighted by molar-refractivity contribution is 0.616. The molecule has 0 aliphatic rings. The highest BCUT2D eigenvalue weighted by Crippen LogP contribution is 2.23. The molecular weight excluding hydrogens is 199 g/mol. The predicted molar refractivity (Wildman–Crippen MR) is 54.5 cm³/mol. The Morgan fingerprint density at radius 1 is 1.43 bits per heavy atom. The Morgan fingerprint density at radius 2 is 2.29 bits per heavy atom. The second-order valence-corrected chi connectivity index (χ2v) is 3.91. The Labute approximate surface area is 85.2 Å². The van der Waals surface area contributed by atoms with E-state index < -0.39 is 0 Å². The van der Waals surface area contributed by atoms with Gasteiger partial charge < -0.3 is 5.73 Å². The summed E-state index contributed by atoms with van der Waals surface area (Å²) >= 11 is 1.56. The van der Waals surface area contributed by atoms with Crippen molar-refractivity contribution in [2.45, 2.75) is 6.04 Å². The van der Waals surface area contributed by atoms with Crippen LogP contribution in [0.1, 0.15) is 16.5 Å². The largest absolute Gasteiger partial charge is 0.320 e. The molecule has 0 aliphatic carbocycles. The van der Waals surface area contributed by atoms with Crippen molar-refractivity contribution in [2.24, 2.45) is 5.73 Å². The molecule has 2 aromatic heterocycles. The third-order valence-corrected chi connectivity index (χ3v) is 2.89. The molecule has 0 saturated carbocycles. The lowest BCUT2D eigenvalue weighted by Gasteiger charge is -2.08. The first kappa shape index (κ1) is 9.30. The van der Waals surface area contributed by atoms with Crippen LogP contribution >= 0.6 is 11.3 Å². The normalized spacial score (nSPS) is 12.7. The standard InChI is InChI=1S/C10H9FN2S/c11-8-4-7(5-13-6-8)10(12)9-2-1-3-14-9/h1-6,10H,12H2. The molecule has 0 aliphatic heterocycles. The molecule has 0 radical (unpaired) electrons. The lowest BCUT2D eigenvalue weighted by Crippen LogP contribution is -2.10. The molecular formula is C10H9FN2S. The number of hydrogen-bond acceptors (Lipinski definition) is 3. The molecule has 72 valence electrons. The maximum atomic E-state index is 12.9. The van der Waals surface area contributed by atoms with E-state index in [1.807, 2.05) is 17.5 Å². The first-order valence-corrected chi connectivity index (χ1v) is 5.05. The van der Waals surface area contributed by atoms with Crippen molar-refractivity contribution in [3.63, 3.8) is 0 Å². The van der Waals surface area contributed by atoms with Gasteiger partial charge in [-0.05, 0) is 23.1 Å². The minimum Gasteiger partial charge on any atom is -0.320 e. The van der Waals surface area contributed by atoms with E-state index in [1.54, 1.807) is 17.5 Å². The molecule has 4 heteroatoms. The highest BCUT2D eigenvalue weighted by atomic mass is 32.1. The van der Waals surface area contributed by atoms with Crippen molar-refractivity contribution in [1.29, 1.82) is 0 Å². The number of nitrogens with two attached hydrogens (primary N) is 1. The molecule has 0 saturated heterocycles. The van der Waals surface area contributed by atoms with Crippen molar-refractivity contribution < 1.29 is 4.39 Å². The van der Waals surface area contributed by atoms with Crippen molar-refractivity contribution >= 4 is 11.3 Å². The van der Waals surface area contributed by atoms with Crippen LogP contribution in [0.2, 0.25) is 0 Å². The fraction of sp³-hybridized carbons (Fsp3) is 0.100. The van der Waals surface area contributed by atoms with Crippen LogP contribution in [0.5, 0.6) is 0 Å². The van der Waals surface area contributed by atoms with Gasteiger partial charge in [-0.15, -0.1) is 11.3 Å². The van der Waals surface area contributed by atoms with E-state index in [2.05, 4.69) is 4.98 Å². The van der Waals surface area contributed by atoms with Gasteiger partial charge in [0.2, 0.25) is 0 Å². The minimum atomic E-state index is -0.352. The van der Waals surface area contributed by atoms with Gasteiger partial charge in [0.05, 0.1) is 12.2 Å². The van der Waals surface area contributed by atoms with Gasteiger partial charge in [0.1, 0.15) is 5.82 Å². The molecule has 0 aromatic carbocycles. The second kappa shape index (κ2) is 3.86. The zero-order chi connectivity index (χ0) is 9.97. The molecule has 1 atom stereocenters. The van der Waals surface area contributed by atoms with Gasteiger partial charge in [-0.1, -0.05) is 6.07 Å². The Morgan fingerprint density at radius 3 is 2.93 bits per heavy atom. The van der Waals surface area contributed by atoms with Crippen LogP contribution in [-0.4, -0.2) is 4.98 Å². The minimum absolute atomic E-state index is 0.279. The zero-order valence-corrected chi connectivity index (χ0v) is 8.17. The van der Waals surface area contributed by atoms with E-state index in [9.17, 15) is 4.39 Å². The van der Waals surface area contributed by atoms with E-state index in [0.29, 0.717) is 5.56 Å². The Bertz CT molecular complexity index is 414. The Kier molecular flexibility index (Phi) is 2.56. The number of rotatable bonds is 2. The Balaban J connectivity index is 2.32. The van der Waals surface area contributed by atoms with Gasteiger partial charge in [-0.3, -0.25) is 4.98 Å². The van der Waals surface area contributed by atoms with E-state index >= 15 is 0 Å². The third-order valence-electron chi connectivity index (χ3n) is 1.93. The number of nitrogens with zero attached hydrogens (tertiary/aromatic N) is 1. The average molecular weight is 208 g/mol. The second-order valence-electron chi connectivity index (χ2n) is 2.93. The summed E-state index contributed by atoms with van der Waals surface area (Å²) in [7, 11) is 0. The van der Waals surface area contributed by atoms with Gasteiger partial charge in [0.25, 0.3) is 0 Å². The summed E-state index contributed by atoms with van der Waals surface area (Å²) in [6.07, 6.45) is 2.76. The quantitative estimate of drug-likeness (QED) is 0.822. The summed E-state index contributed by atoms with van der Waals surface area (Å²) in [6, 6.07) is 4.99. The van der Waals surface area contributed by atoms with E-state index in [0.717, 1.165) is 4.88 Å².